The Morgan fingerprint density at radius 3 is 2.59 bits per heavy atom. The highest BCUT2D eigenvalue weighted by molar-refractivity contribution is 7.99. The van der Waals surface area contributed by atoms with Crippen LogP contribution in [0.1, 0.15) is 23.7 Å². The zero-order valence-corrected chi connectivity index (χ0v) is 23.4. The lowest BCUT2D eigenvalue weighted by atomic mass is 10.0. The van der Waals surface area contributed by atoms with Gasteiger partial charge in [0.1, 0.15) is 0 Å². The van der Waals surface area contributed by atoms with Crippen molar-refractivity contribution in [1.82, 2.24) is 4.98 Å². The average molecular weight is 555 g/mol. The van der Waals surface area contributed by atoms with E-state index in [0.29, 0.717) is 28.1 Å². The van der Waals surface area contributed by atoms with E-state index in [0.717, 1.165) is 30.8 Å². The molecule has 0 radical (unpaired) electrons. The number of carbonyl (C=O) groups is 1. The molecule has 4 aromatic rings. The van der Waals surface area contributed by atoms with Crippen molar-refractivity contribution in [3.8, 4) is 11.3 Å². The summed E-state index contributed by atoms with van der Waals surface area (Å²) in [5.74, 6) is -0.372. The number of quaternary nitrogens is 1. The smallest absolute Gasteiger partial charge is 0.338 e. The standard InChI is InChI=1S/C29H28ClN3O2S.ClH/c1-4-35-29(34)22-18-24(31-23-12-11-20(30)17-21(22)23)19-10-13-28-26(16-19)33(15-7-14-32(2)3)25-8-5-6-9-27(25)36-28;/h5-6,8-13,16-18H,4,7,14-15H2,1-3H3;1H. The van der Waals surface area contributed by atoms with E-state index in [1.165, 1.54) is 26.1 Å². The molecule has 1 N–H and O–H groups in total. The van der Waals surface area contributed by atoms with Crippen molar-refractivity contribution in [2.24, 2.45) is 0 Å². The summed E-state index contributed by atoms with van der Waals surface area (Å²) in [5, 5.41) is 1.25. The van der Waals surface area contributed by atoms with Gasteiger partial charge in [-0.05, 0) is 55.5 Å². The average Bonchev–Trinajstić information content (AvgIpc) is 2.87. The monoisotopic (exact) mass is 553 g/mol. The summed E-state index contributed by atoms with van der Waals surface area (Å²) in [6.07, 6.45) is 1.08. The Balaban J connectivity index is 0.00000320. The van der Waals surface area contributed by atoms with Crippen LogP contribution < -0.4 is 22.2 Å². The minimum absolute atomic E-state index is 0. The fourth-order valence-electron chi connectivity index (χ4n) is 4.54. The van der Waals surface area contributed by atoms with Crippen molar-refractivity contribution in [1.29, 1.82) is 0 Å². The molecule has 0 spiro atoms. The van der Waals surface area contributed by atoms with Gasteiger partial charge in [-0.25, -0.2) is 9.78 Å². The van der Waals surface area contributed by atoms with E-state index < -0.39 is 0 Å². The molecule has 0 amide bonds. The lowest BCUT2D eigenvalue weighted by molar-refractivity contribution is -0.858. The van der Waals surface area contributed by atoms with Crippen LogP contribution in [0.2, 0.25) is 5.02 Å². The van der Waals surface area contributed by atoms with Crippen molar-refractivity contribution >= 4 is 51.6 Å². The van der Waals surface area contributed by atoms with E-state index in [9.17, 15) is 4.79 Å². The lowest BCUT2D eigenvalue weighted by Gasteiger charge is -2.33. The largest absolute Gasteiger partial charge is 1.00 e. The van der Waals surface area contributed by atoms with Crippen LogP contribution in [0.25, 0.3) is 22.2 Å². The molecular formula is C29H29Cl2N3O2S. The first-order chi connectivity index (χ1) is 17.4. The molecule has 0 fully saturated rings. The Hall–Kier alpha value is -2.77. The van der Waals surface area contributed by atoms with Crippen LogP contribution in [0.4, 0.5) is 11.4 Å². The van der Waals surface area contributed by atoms with Crippen molar-refractivity contribution in [2.75, 3.05) is 38.7 Å². The predicted molar refractivity (Wildman–Crippen MR) is 148 cm³/mol. The number of benzene rings is 3. The molecule has 1 aliphatic rings. The second-order valence-corrected chi connectivity index (χ2v) is 10.7. The summed E-state index contributed by atoms with van der Waals surface area (Å²) in [4.78, 5) is 24.1. The Kier molecular flexibility index (Phi) is 8.65. The molecule has 0 saturated heterocycles. The number of para-hydroxylation sites is 1. The Morgan fingerprint density at radius 2 is 1.81 bits per heavy atom. The highest BCUT2D eigenvalue weighted by atomic mass is 35.5. The van der Waals surface area contributed by atoms with Crippen molar-refractivity contribution in [3.63, 3.8) is 0 Å². The fraction of sp³-hybridized carbons (Fsp3) is 0.241. The van der Waals surface area contributed by atoms with Gasteiger partial charge in [-0.2, -0.15) is 0 Å². The summed E-state index contributed by atoms with van der Waals surface area (Å²) >= 11 is 8.03. The van der Waals surface area contributed by atoms with Gasteiger partial charge in [0, 0.05) is 38.7 Å². The molecule has 8 heteroatoms. The predicted octanol–water partition coefficient (Wildman–Crippen LogP) is 2.87. The minimum atomic E-state index is -0.372. The third kappa shape index (κ3) is 5.73. The molecule has 192 valence electrons. The summed E-state index contributed by atoms with van der Waals surface area (Å²) in [7, 11) is 4.37. The number of hydrogen-bond donors (Lipinski definition) is 1. The third-order valence-corrected chi connectivity index (χ3v) is 7.61. The zero-order chi connectivity index (χ0) is 25.2. The van der Waals surface area contributed by atoms with E-state index in [2.05, 4.69) is 61.5 Å². The highest BCUT2D eigenvalue weighted by Gasteiger charge is 2.24. The number of halogens is 2. The van der Waals surface area contributed by atoms with Gasteiger partial charge in [0.05, 0.1) is 55.4 Å². The molecule has 1 aromatic heterocycles. The van der Waals surface area contributed by atoms with Gasteiger partial charge in [0.2, 0.25) is 0 Å². The molecule has 37 heavy (non-hydrogen) atoms. The molecule has 3 aromatic carbocycles. The van der Waals surface area contributed by atoms with Crippen LogP contribution in [0.5, 0.6) is 0 Å². The van der Waals surface area contributed by atoms with Crippen LogP contribution >= 0.6 is 23.4 Å². The number of rotatable bonds is 7. The second kappa shape index (κ2) is 11.7. The van der Waals surface area contributed by atoms with Crippen LogP contribution in [-0.2, 0) is 4.74 Å². The van der Waals surface area contributed by atoms with Gasteiger partial charge in [0.15, 0.2) is 0 Å². The minimum Gasteiger partial charge on any atom is -1.00 e. The van der Waals surface area contributed by atoms with Gasteiger partial charge >= 0.3 is 5.97 Å². The number of esters is 1. The van der Waals surface area contributed by atoms with Crippen LogP contribution in [0, 0.1) is 0 Å². The maximum absolute atomic E-state index is 12.8. The van der Waals surface area contributed by atoms with E-state index in [1.54, 1.807) is 30.8 Å². The topological polar surface area (TPSA) is 46.9 Å². The highest BCUT2D eigenvalue weighted by Crippen LogP contribution is 2.49. The number of anilines is 2. The number of fused-ring (bicyclic) bond motifs is 3. The molecule has 0 atom stereocenters. The molecule has 5 rings (SSSR count). The quantitative estimate of drug-likeness (QED) is 0.356. The Labute approximate surface area is 233 Å². The van der Waals surface area contributed by atoms with Gasteiger partial charge in [0.25, 0.3) is 0 Å². The van der Waals surface area contributed by atoms with Crippen LogP contribution in [-0.4, -0.2) is 44.7 Å². The molecular weight excluding hydrogens is 525 g/mol. The molecule has 2 heterocycles. The van der Waals surface area contributed by atoms with E-state index in [1.807, 2.05) is 12.1 Å². The number of hydrogen-bond acceptors (Lipinski definition) is 5. The Morgan fingerprint density at radius 1 is 1.03 bits per heavy atom. The van der Waals surface area contributed by atoms with Gasteiger partial charge in [-0.3, -0.25) is 0 Å². The molecule has 0 unspecified atom stereocenters. The maximum atomic E-state index is 12.8. The zero-order valence-electron chi connectivity index (χ0n) is 21.1. The first-order valence-corrected chi connectivity index (χ1v) is 13.4. The lowest BCUT2D eigenvalue weighted by Crippen LogP contribution is -3.05. The summed E-state index contributed by atoms with van der Waals surface area (Å²) in [6.45, 7) is 4.13. The van der Waals surface area contributed by atoms with Crippen LogP contribution in [0.15, 0.2) is 76.5 Å². The number of ether oxygens (including phenoxy) is 1. The van der Waals surface area contributed by atoms with Gasteiger partial charge in [-0.1, -0.05) is 41.6 Å². The van der Waals surface area contributed by atoms with Gasteiger partial charge in [-0.15, -0.1) is 0 Å². The second-order valence-electron chi connectivity index (χ2n) is 9.15. The Bertz CT molecular complexity index is 1440. The van der Waals surface area contributed by atoms with Crippen molar-refractivity contribution < 1.29 is 26.8 Å². The SMILES string of the molecule is CCOC(=O)c1cc(-c2ccc3c(c2)N(CCC[NH+](C)C)c2ccccc2S3)nc2ccc(Cl)cc12.[Cl-]. The molecule has 5 nitrogen and oxygen atoms in total. The maximum Gasteiger partial charge on any atom is 0.338 e. The third-order valence-electron chi connectivity index (χ3n) is 6.25. The molecule has 0 bridgehead atoms. The fourth-order valence-corrected chi connectivity index (χ4v) is 5.79. The summed E-state index contributed by atoms with van der Waals surface area (Å²) < 4.78 is 5.35. The van der Waals surface area contributed by atoms with Crippen molar-refractivity contribution in [2.45, 2.75) is 23.1 Å². The number of nitrogens with zero attached hydrogens (tertiary/aromatic N) is 2. The van der Waals surface area contributed by atoms with Gasteiger partial charge < -0.3 is 26.9 Å². The number of pyridine rings is 1. The number of carbonyl (C=O) groups excluding carboxylic acids is 1. The summed E-state index contributed by atoms with van der Waals surface area (Å²) in [6, 6.07) is 22.2. The molecule has 1 aliphatic heterocycles. The first-order valence-electron chi connectivity index (χ1n) is 12.2. The van der Waals surface area contributed by atoms with Crippen LogP contribution in [0.3, 0.4) is 0 Å². The molecule has 0 aliphatic carbocycles. The summed E-state index contributed by atoms with van der Waals surface area (Å²) in [5.41, 5.74) is 5.28. The number of aromatic nitrogens is 1. The normalized spacial score (nSPS) is 12.2. The first kappa shape index (κ1) is 27.3. The van der Waals surface area contributed by atoms with E-state index in [-0.39, 0.29) is 18.4 Å². The van der Waals surface area contributed by atoms with E-state index in [4.69, 9.17) is 21.3 Å². The van der Waals surface area contributed by atoms with E-state index >= 15 is 0 Å². The van der Waals surface area contributed by atoms with Crippen molar-refractivity contribution in [3.05, 3.63) is 77.3 Å². The number of nitrogens with one attached hydrogen (secondary N) is 1. The molecule has 0 saturated carbocycles.